The van der Waals surface area contributed by atoms with Crippen LogP contribution in [0.1, 0.15) is 16.7 Å². The van der Waals surface area contributed by atoms with Crippen LogP contribution in [0.3, 0.4) is 0 Å². The minimum Gasteiger partial charge on any atom is -0.429 e. The molecule has 0 saturated heterocycles. The lowest BCUT2D eigenvalue weighted by Gasteiger charge is -2.29. The molecule has 37 heavy (non-hydrogen) atoms. The first kappa shape index (κ1) is 30.5. The first-order chi connectivity index (χ1) is 16.4. The number of hydrogen-bond donors (Lipinski definition) is 2. The topological polar surface area (TPSA) is 70.5 Å². The van der Waals surface area contributed by atoms with E-state index >= 15 is 0 Å². The monoisotopic (exact) mass is 622 g/mol. The molecule has 0 aromatic heterocycles. The molecule has 208 valence electrons. The first-order valence-electron chi connectivity index (χ1n) is 9.49. The summed E-state index contributed by atoms with van der Waals surface area (Å²) in [6, 6.07) is 4.47. The van der Waals surface area contributed by atoms with Crippen LogP contribution in [0.2, 0.25) is 0 Å². The zero-order valence-electron chi connectivity index (χ0n) is 18.3. The first-order valence-corrected chi connectivity index (χ1v) is 10.3. The number of nitrogens with two attached hydrogens (primary N) is 2. The van der Waals surface area contributed by atoms with Crippen LogP contribution in [0.25, 0.3) is 0 Å². The van der Waals surface area contributed by atoms with Gasteiger partial charge in [0.1, 0.15) is 11.5 Å². The van der Waals surface area contributed by atoms with E-state index in [2.05, 4.69) is 9.47 Å². The van der Waals surface area contributed by atoms with E-state index in [4.69, 9.17) is 11.5 Å². The molecule has 1 aliphatic rings. The standard InChI is InChI=1S/C10H8BrF6NO.C10H7F6NO/c1-5-2-3-6(4-7(5)18)19-10(16,17)8(11,12)9(13,14)15;1-4-2-5-7(3-6(4)17)18-10(15,16)8(5,11)9(12,13)14/h2-4H,18H2,1H3;2-3H,17H2,1H3. The lowest BCUT2D eigenvalue weighted by atomic mass is 9.93. The normalized spacial score (nSPS) is 20.7. The Balaban J connectivity index is 0.000000260. The molecule has 0 aliphatic carbocycles. The highest BCUT2D eigenvalue weighted by molar-refractivity contribution is 9.10. The van der Waals surface area contributed by atoms with Crippen molar-refractivity contribution < 1.29 is 62.2 Å². The van der Waals surface area contributed by atoms with Crippen molar-refractivity contribution in [3.05, 3.63) is 47.0 Å². The van der Waals surface area contributed by atoms with Crippen molar-refractivity contribution in [3.8, 4) is 11.5 Å². The maximum atomic E-state index is 13.9. The second kappa shape index (κ2) is 9.23. The van der Waals surface area contributed by atoms with E-state index in [0.29, 0.717) is 11.6 Å². The van der Waals surface area contributed by atoms with E-state index in [1.807, 2.05) is 0 Å². The fraction of sp³-hybridized carbons (Fsp3) is 0.400. The predicted molar refractivity (Wildman–Crippen MR) is 110 cm³/mol. The summed E-state index contributed by atoms with van der Waals surface area (Å²) in [6.07, 6.45) is -21.8. The molecule has 0 bridgehead atoms. The van der Waals surface area contributed by atoms with Crippen LogP contribution in [-0.4, -0.2) is 29.1 Å². The number of nitrogen functional groups attached to an aromatic ring is 2. The molecule has 2 unspecified atom stereocenters. The zero-order valence-corrected chi connectivity index (χ0v) is 19.9. The molecule has 2 atom stereocenters. The molecule has 0 radical (unpaired) electrons. The van der Waals surface area contributed by atoms with E-state index in [0.717, 1.165) is 18.2 Å². The Labute approximate surface area is 208 Å². The van der Waals surface area contributed by atoms with E-state index in [1.165, 1.54) is 28.9 Å². The Morgan fingerprint density at radius 1 is 0.811 bits per heavy atom. The average Bonchev–Trinajstić information content (AvgIpc) is 2.90. The molecule has 3 rings (SSSR count). The van der Waals surface area contributed by atoms with Crippen LogP contribution in [0.5, 0.6) is 11.5 Å². The lowest BCUT2D eigenvalue weighted by Crippen LogP contribution is -2.53. The van der Waals surface area contributed by atoms with Crippen LogP contribution in [0.15, 0.2) is 30.3 Å². The van der Waals surface area contributed by atoms with Gasteiger partial charge in [-0.15, -0.1) is 0 Å². The van der Waals surface area contributed by atoms with Gasteiger partial charge in [-0.1, -0.05) is 6.07 Å². The molecule has 0 spiro atoms. The maximum Gasteiger partial charge on any atom is 0.453 e. The summed E-state index contributed by atoms with van der Waals surface area (Å²) < 4.78 is 157. The van der Waals surface area contributed by atoms with Crippen molar-refractivity contribution in [1.82, 2.24) is 0 Å². The summed E-state index contributed by atoms with van der Waals surface area (Å²) in [4.78, 5) is 0. The Morgan fingerprint density at radius 2 is 1.32 bits per heavy atom. The molecule has 4 nitrogen and oxygen atoms in total. The molecule has 17 heteroatoms. The number of benzene rings is 2. The smallest absolute Gasteiger partial charge is 0.429 e. The van der Waals surface area contributed by atoms with Gasteiger partial charge < -0.3 is 20.9 Å². The number of halogens is 13. The number of alkyl halides is 13. The summed E-state index contributed by atoms with van der Waals surface area (Å²) in [7, 11) is 0. The second-order valence-electron chi connectivity index (χ2n) is 7.69. The van der Waals surface area contributed by atoms with Gasteiger partial charge in [0.25, 0.3) is 0 Å². The number of rotatable bonds is 3. The van der Waals surface area contributed by atoms with E-state index in [1.54, 1.807) is 6.92 Å². The van der Waals surface area contributed by atoms with Crippen molar-refractivity contribution in [2.45, 2.75) is 48.7 Å². The van der Waals surface area contributed by atoms with Gasteiger partial charge in [-0.25, -0.2) is 8.78 Å². The Bertz CT molecular complexity index is 1170. The van der Waals surface area contributed by atoms with Gasteiger partial charge >= 0.3 is 34.8 Å². The molecular weight excluding hydrogens is 608 g/mol. The van der Waals surface area contributed by atoms with Crippen molar-refractivity contribution in [1.29, 1.82) is 0 Å². The van der Waals surface area contributed by atoms with Crippen molar-refractivity contribution in [3.63, 3.8) is 0 Å². The lowest BCUT2D eigenvalue weighted by molar-refractivity contribution is -0.350. The molecule has 1 heterocycles. The highest BCUT2D eigenvalue weighted by Gasteiger charge is 2.78. The van der Waals surface area contributed by atoms with E-state index in [9.17, 15) is 52.7 Å². The van der Waals surface area contributed by atoms with Crippen LogP contribution in [0.4, 0.5) is 64.1 Å². The minimum absolute atomic E-state index is 0.0272. The number of aryl methyl sites for hydroxylation is 2. The molecular formula is C20H15BrF12N2O2. The average molecular weight is 623 g/mol. The Morgan fingerprint density at radius 3 is 1.78 bits per heavy atom. The predicted octanol–water partition coefficient (Wildman–Crippen LogP) is 7.46. The summed E-state index contributed by atoms with van der Waals surface area (Å²) in [5.41, 5.74) is 5.14. The van der Waals surface area contributed by atoms with E-state index < -0.39 is 51.9 Å². The van der Waals surface area contributed by atoms with E-state index in [-0.39, 0.29) is 16.9 Å². The molecule has 1 aliphatic heterocycles. The fourth-order valence-electron chi connectivity index (χ4n) is 2.80. The molecule has 4 N–H and O–H groups in total. The van der Waals surface area contributed by atoms with Crippen LogP contribution >= 0.6 is 15.9 Å². The van der Waals surface area contributed by atoms with Gasteiger partial charge in [-0.05, 0) is 53.0 Å². The zero-order chi connectivity index (χ0) is 29.0. The van der Waals surface area contributed by atoms with Crippen LogP contribution in [0, 0.1) is 13.8 Å². The number of anilines is 2. The van der Waals surface area contributed by atoms with Gasteiger partial charge in [-0.2, -0.15) is 43.9 Å². The van der Waals surface area contributed by atoms with Crippen molar-refractivity contribution in [2.24, 2.45) is 0 Å². The third-order valence-corrected chi connectivity index (χ3v) is 5.90. The Hall–Kier alpha value is -2.72. The number of ether oxygens (including phenoxy) is 2. The molecule has 0 fully saturated rings. The molecule has 2 aromatic carbocycles. The third-order valence-electron chi connectivity index (χ3n) is 4.99. The van der Waals surface area contributed by atoms with Gasteiger partial charge in [0.2, 0.25) is 0 Å². The van der Waals surface area contributed by atoms with Crippen LogP contribution < -0.4 is 20.9 Å². The SMILES string of the molecule is Cc1cc2c(cc1N)OC(F)(F)C2(F)C(F)(F)F.Cc1ccc(OC(F)(F)C(F)(Br)C(F)(F)F)cc1N. The van der Waals surface area contributed by atoms with Gasteiger partial charge in [-0.3, -0.25) is 0 Å². The number of fused-ring (bicyclic) bond motifs is 1. The molecule has 2 aromatic rings. The van der Waals surface area contributed by atoms with Crippen LogP contribution in [-0.2, 0) is 5.67 Å². The summed E-state index contributed by atoms with van der Waals surface area (Å²) >= 11 is 1.32. The van der Waals surface area contributed by atoms with Gasteiger partial charge in [0, 0.05) is 23.5 Å². The van der Waals surface area contributed by atoms with Crippen molar-refractivity contribution in [2.75, 3.05) is 11.5 Å². The highest BCUT2D eigenvalue weighted by Crippen LogP contribution is 2.60. The molecule has 0 amide bonds. The maximum absolute atomic E-state index is 13.9. The fourth-order valence-corrected chi connectivity index (χ4v) is 2.88. The van der Waals surface area contributed by atoms with Crippen molar-refractivity contribution >= 4 is 27.3 Å². The largest absolute Gasteiger partial charge is 0.453 e. The molecule has 0 saturated carbocycles. The minimum atomic E-state index is -5.85. The summed E-state index contributed by atoms with van der Waals surface area (Å²) in [5, 5.41) is 0. The van der Waals surface area contributed by atoms with Gasteiger partial charge in [0.15, 0.2) is 0 Å². The Kier molecular flexibility index (Phi) is 7.61. The van der Waals surface area contributed by atoms with Gasteiger partial charge in [0.05, 0.1) is 5.56 Å². The number of hydrogen-bond acceptors (Lipinski definition) is 4. The quantitative estimate of drug-likeness (QED) is 0.212. The third kappa shape index (κ3) is 5.31. The summed E-state index contributed by atoms with van der Waals surface area (Å²) in [6.45, 7) is 2.83. The second-order valence-corrected chi connectivity index (χ2v) is 8.78. The highest BCUT2D eigenvalue weighted by atomic mass is 79.9. The summed E-state index contributed by atoms with van der Waals surface area (Å²) in [5.74, 6) is -1.58.